The number of rotatable bonds is 3. The van der Waals surface area contributed by atoms with Gasteiger partial charge in [-0.05, 0) is 6.92 Å². The van der Waals surface area contributed by atoms with E-state index in [0.29, 0.717) is 6.61 Å². The zero-order valence-electron chi connectivity index (χ0n) is 4.47. The fourth-order valence-corrected chi connectivity index (χ4v) is 0.639. The smallest absolute Gasteiger partial charge is 0.112 e. The average Bonchev–Trinajstić information content (AvgIpc) is 1.66. The van der Waals surface area contributed by atoms with Crippen LogP contribution in [0.5, 0.6) is 0 Å². The Balaban J connectivity index is 3.07. The third-order valence-electron chi connectivity index (χ3n) is 0.436. The topological polar surface area (TPSA) is 9.23 Å². The zero-order chi connectivity index (χ0) is 6.41. The summed E-state index contributed by atoms with van der Waals surface area (Å²) < 4.78 is 4.81. The summed E-state index contributed by atoms with van der Waals surface area (Å²) in [4.78, 5) is 0. The standard InChI is InChI=1S/C4H7Cl2OP/c1-2-7-3-4-8(5)6/h3-4H,2H2,1H3/b4-3+. The molecule has 8 heavy (non-hydrogen) atoms. The number of halogens is 2. The van der Waals surface area contributed by atoms with Gasteiger partial charge in [0.05, 0.1) is 12.9 Å². The molecule has 0 rings (SSSR count). The van der Waals surface area contributed by atoms with Crippen molar-refractivity contribution in [1.29, 1.82) is 0 Å². The Hall–Kier alpha value is 0.550. The molecule has 0 spiro atoms. The normalized spacial score (nSPS) is 11.0. The van der Waals surface area contributed by atoms with E-state index < -0.39 is 6.63 Å². The van der Waals surface area contributed by atoms with E-state index in [1.165, 1.54) is 6.26 Å². The molecule has 0 aliphatic rings. The fourth-order valence-electron chi connectivity index (χ4n) is 0.185. The Morgan fingerprint density at radius 3 is 2.62 bits per heavy atom. The summed E-state index contributed by atoms with van der Waals surface area (Å²) in [6, 6.07) is 0. The highest BCUT2D eigenvalue weighted by atomic mass is 35.9. The molecular weight excluding hydrogens is 166 g/mol. The Kier molecular flexibility index (Phi) is 6.07. The molecule has 1 nitrogen and oxygen atoms in total. The van der Waals surface area contributed by atoms with E-state index in [9.17, 15) is 0 Å². The van der Waals surface area contributed by atoms with Gasteiger partial charge in [-0.2, -0.15) is 0 Å². The molecule has 0 unspecified atom stereocenters. The first-order chi connectivity index (χ1) is 3.77. The third-order valence-corrected chi connectivity index (χ3v) is 1.46. The van der Waals surface area contributed by atoms with Crippen molar-refractivity contribution in [1.82, 2.24) is 0 Å². The molecule has 0 radical (unpaired) electrons. The minimum Gasteiger partial charge on any atom is -0.501 e. The van der Waals surface area contributed by atoms with Crippen LogP contribution in [0.4, 0.5) is 0 Å². The summed E-state index contributed by atoms with van der Waals surface area (Å²) in [5.74, 6) is 1.63. The SMILES string of the molecule is CCO/C=C/P(Cl)Cl. The van der Waals surface area contributed by atoms with E-state index in [2.05, 4.69) is 0 Å². The minimum atomic E-state index is -0.973. The molecule has 0 aliphatic carbocycles. The van der Waals surface area contributed by atoms with Crippen LogP contribution in [0.3, 0.4) is 0 Å². The van der Waals surface area contributed by atoms with E-state index in [-0.39, 0.29) is 0 Å². The van der Waals surface area contributed by atoms with Crippen LogP contribution >= 0.6 is 29.1 Å². The fraction of sp³-hybridized carbons (Fsp3) is 0.500. The van der Waals surface area contributed by atoms with Crippen molar-refractivity contribution in [2.24, 2.45) is 0 Å². The van der Waals surface area contributed by atoms with Crippen LogP contribution in [0.25, 0.3) is 0 Å². The van der Waals surface area contributed by atoms with Crippen LogP contribution in [-0.2, 0) is 4.74 Å². The predicted molar refractivity (Wildman–Crippen MR) is 39.4 cm³/mol. The van der Waals surface area contributed by atoms with Crippen molar-refractivity contribution in [3.63, 3.8) is 0 Å². The molecule has 0 saturated heterocycles. The molecule has 0 aromatic rings. The molecule has 0 atom stereocenters. The van der Waals surface area contributed by atoms with Crippen molar-refractivity contribution in [2.45, 2.75) is 6.92 Å². The molecule has 0 fully saturated rings. The van der Waals surface area contributed by atoms with Crippen LogP contribution < -0.4 is 0 Å². The van der Waals surface area contributed by atoms with Gasteiger partial charge in [0.2, 0.25) is 0 Å². The van der Waals surface area contributed by atoms with Gasteiger partial charge in [0.25, 0.3) is 0 Å². The van der Waals surface area contributed by atoms with Crippen LogP contribution in [-0.4, -0.2) is 6.61 Å². The van der Waals surface area contributed by atoms with Gasteiger partial charge >= 0.3 is 0 Å². The van der Waals surface area contributed by atoms with E-state index >= 15 is 0 Å². The van der Waals surface area contributed by atoms with Gasteiger partial charge < -0.3 is 4.74 Å². The molecule has 0 saturated carbocycles. The van der Waals surface area contributed by atoms with Crippen LogP contribution in [0.1, 0.15) is 6.92 Å². The highest BCUT2D eigenvalue weighted by Crippen LogP contribution is 2.47. The van der Waals surface area contributed by atoms with Gasteiger partial charge in [-0.1, -0.05) is 22.5 Å². The Labute approximate surface area is 59.9 Å². The van der Waals surface area contributed by atoms with Crippen molar-refractivity contribution in [2.75, 3.05) is 6.61 Å². The first-order valence-electron chi connectivity index (χ1n) is 2.16. The Bertz CT molecular complexity index is 74.4. The minimum absolute atomic E-state index is 0.660. The van der Waals surface area contributed by atoms with Gasteiger partial charge in [-0.25, -0.2) is 0 Å². The summed E-state index contributed by atoms with van der Waals surface area (Å²) in [6.45, 7) is 1.58. The molecule has 0 aromatic heterocycles. The molecule has 0 heterocycles. The lowest BCUT2D eigenvalue weighted by Crippen LogP contribution is -1.73. The van der Waals surface area contributed by atoms with E-state index in [4.69, 9.17) is 27.2 Å². The maximum atomic E-state index is 5.38. The zero-order valence-corrected chi connectivity index (χ0v) is 6.88. The molecule has 0 aromatic carbocycles. The van der Waals surface area contributed by atoms with Crippen molar-refractivity contribution >= 4 is 29.1 Å². The molecular formula is C4H7Cl2OP. The van der Waals surface area contributed by atoms with E-state index in [0.717, 1.165) is 0 Å². The monoisotopic (exact) mass is 172 g/mol. The molecule has 0 amide bonds. The highest BCUT2D eigenvalue weighted by molar-refractivity contribution is 8.06. The summed E-state index contributed by atoms with van der Waals surface area (Å²) >= 11 is 10.8. The second kappa shape index (κ2) is 5.68. The van der Waals surface area contributed by atoms with Gasteiger partial charge in [-0.3, -0.25) is 0 Å². The van der Waals surface area contributed by atoms with E-state index in [1.54, 1.807) is 5.82 Å². The first-order valence-corrected chi connectivity index (χ1v) is 5.38. The molecule has 0 bridgehead atoms. The lowest BCUT2D eigenvalue weighted by molar-refractivity contribution is 0.270. The van der Waals surface area contributed by atoms with Gasteiger partial charge in [0.1, 0.15) is 6.63 Å². The number of hydrogen-bond donors (Lipinski definition) is 0. The number of ether oxygens (including phenoxy) is 1. The van der Waals surface area contributed by atoms with Crippen LogP contribution in [0, 0.1) is 0 Å². The van der Waals surface area contributed by atoms with Crippen LogP contribution in [0.15, 0.2) is 12.1 Å². The predicted octanol–water partition coefficient (Wildman–Crippen LogP) is 3.28. The molecule has 4 heteroatoms. The summed E-state index contributed by atoms with van der Waals surface area (Å²) in [5, 5.41) is 0. The Morgan fingerprint density at radius 2 is 2.25 bits per heavy atom. The summed E-state index contributed by atoms with van der Waals surface area (Å²) in [5.41, 5.74) is 0. The first kappa shape index (κ1) is 8.55. The lowest BCUT2D eigenvalue weighted by Gasteiger charge is -1.91. The second-order valence-electron chi connectivity index (χ2n) is 1.000. The van der Waals surface area contributed by atoms with Gasteiger partial charge in [0.15, 0.2) is 0 Å². The van der Waals surface area contributed by atoms with Crippen LogP contribution in [0.2, 0.25) is 0 Å². The summed E-state index contributed by atoms with van der Waals surface area (Å²) in [6.07, 6.45) is 1.52. The largest absolute Gasteiger partial charge is 0.501 e. The molecule has 0 aliphatic heterocycles. The van der Waals surface area contributed by atoms with Gasteiger partial charge in [0, 0.05) is 5.82 Å². The molecule has 48 valence electrons. The van der Waals surface area contributed by atoms with Gasteiger partial charge in [-0.15, -0.1) is 0 Å². The molecule has 0 N–H and O–H groups in total. The number of hydrogen-bond acceptors (Lipinski definition) is 1. The quantitative estimate of drug-likeness (QED) is 0.469. The van der Waals surface area contributed by atoms with E-state index in [1.807, 2.05) is 6.92 Å². The second-order valence-corrected chi connectivity index (χ2v) is 4.52. The maximum Gasteiger partial charge on any atom is 0.112 e. The lowest BCUT2D eigenvalue weighted by atomic mass is 10.9. The van der Waals surface area contributed by atoms with Crippen molar-refractivity contribution < 1.29 is 4.74 Å². The maximum absolute atomic E-state index is 5.38. The van der Waals surface area contributed by atoms with Crippen molar-refractivity contribution in [3.8, 4) is 0 Å². The average molecular weight is 173 g/mol. The Morgan fingerprint density at radius 1 is 1.62 bits per heavy atom. The highest BCUT2D eigenvalue weighted by Gasteiger charge is 1.86. The van der Waals surface area contributed by atoms with Crippen molar-refractivity contribution in [3.05, 3.63) is 12.1 Å². The third kappa shape index (κ3) is 6.55. The summed E-state index contributed by atoms with van der Waals surface area (Å²) in [7, 11) is 0.